The molecule has 2 aliphatic rings. The molecule has 0 saturated carbocycles. The van der Waals surface area contributed by atoms with Crippen LogP contribution in [0, 0.1) is 0 Å². The summed E-state index contributed by atoms with van der Waals surface area (Å²) in [5, 5.41) is 0. The molecule has 1 fully saturated rings. The van der Waals surface area contributed by atoms with Gasteiger partial charge in [0, 0.05) is 0 Å². The topological polar surface area (TPSA) is 39.7 Å². The minimum Gasteiger partial charge on any atom is -0.484 e. The number of ether oxygens (including phenoxy) is 2. The lowest BCUT2D eigenvalue weighted by Gasteiger charge is -2.22. The number of hydrogen-bond acceptors (Lipinski definition) is 4. The highest BCUT2D eigenvalue weighted by Crippen LogP contribution is 2.18. The molecular weight excluding hydrogens is 134 g/mol. The van der Waals surface area contributed by atoms with E-state index in [0.717, 1.165) is 0 Å². The predicted molar refractivity (Wildman–Crippen MR) is 32.3 cm³/mol. The van der Waals surface area contributed by atoms with E-state index in [1.165, 1.54) is 6.26 Å². The van der Waals surface area contributed by atoms with Crippen LogP contribution in [0.5, 0.6) is 0 Å². The summed E-state index contributed by atoms with van der Waals surface area (Å²) in [6.45, 7) is 1.19. The van der Waals surface area contributed by atoms with Gasteiger partial charge in [0.15, 0.2) is 12.0 Å². The van der Waals surface area contributed by atoms with Gasteiger partial charge in [0.1, 0.15) is 13.2 Å². The molecule has 0 bridgehead atoms. The SMILES string of the molecule is C1=C2OCCOC2=CON1. The van der Waals surface area contributed by atoms with E-state index in [0.29, 0.717) is 24.7 Å². The molecule has 1 N–H and O–H groups in total. The van der Waals surface area contributed by atoms with Gasteiger partial charge in [-0.1, -0.05) is 0 Å². The number of hydroxylamine groups is 1. The second-order valence-corrected chi connectivity index (χ2v) is 1.92. The maximum atomic E-state index is 5.21. The van der Waals surface area contributed by atoms with Gasteiger partial charge in [-0.3, -0.25) is 0 Å². The minimum atomic E-state index is 0.590. The number of hydrogen-bond donors (Lipinski definition) is 1. The van der Waals surface area contributed by atoms with E-state index in [4.69, 9.17) is 14.3 Å². The van der Waals surface area contributed by atoms with Crippen molar-refractivity contribution in [2.45, 2.75) is 0 Å². The average molecular weight is 141 g/mol. The molecular formula is C6H7NO3. The molecule has 0 atom stereocenters. The molecule has 4 nitrogen and oxygen atoms in total. The Morgan fingerprint density at radius 2 is 2.00 bits per heavy atom. The van der Waals surface area contributed by atoms with Gasteiger partial charge in [-0.2, -0.15) is 0 Å². The van der Waals surface area contributed by atoms with E-state index in [-0.39, 0.29) is 0 Å². The van der Waals surface area contributed by atoms with Gasteiger partial charge in [0.2, 0.25) is 5.76 Å². The van der Waals surface area contributed by atoms with Crippen LogP contribution < -0.4 is 5.48 Å². The highest BCUT2D eigenvalue weighted by molar-refractivity contribution is 5.20. The van der Waals surface area contributed by atoms with E-state index in [1.54, 1.807) is 6.20 Å². The number of rotatable bonds is 0. The summed E-state index contributed by atoms with van der Waals surface area (Å²) >= 11 is 0. The van der Waals surface area contributed by atoms with E-state index in [2.05, 4.69) is 5.48 Å². The quantitative estimate of drug-likeness (QED) is 0.525. The second kappa shape index (κ2) is 2.13. The summed E-state index contributed by atoms with van der Waals surface area (Å²) in [6, 6.07) is 0. The summed E-state index contributed by atoms with van der Waals surface area (Å²) in [7, 11) is 0. The minimum absolute atomic E-state index is 0.590. The van der Waals surface area contributed by atoms with Gasteiger partial charge in [-0.15, -0.1) is 0 Å². The molecule has 54 valence electrons. The molecule has 1 saturated heterocycles. The lowest BCUT2D eigenvalue weighted by atomic mass is 10.4. The Bertz CT molecular complexity index is 175. The summed E-state index contributed by atoms with van der Waals surface area (Å²) in [5.74, 6) is 1.36. The third-order valence-electron chi connectivity index (χ3n) is 1.27. The van der Waals surface area contributed by atoms with E-state index < -0.39 is 0 Å². The monoisotopic (exact) mass is 141 g/mol. The molecule has 0 aliphatic carbocycles. The molecule has 0 radical (unpaired) electrons. The van der Waals surface area contributed by atoms with Crippen molar-refractivity contribution in [2.75, 3.05) is 13.2 Å². The summed E-state index contributed by atoms with van der Waals surface area (Å²) in [5.41, 5.74) is 2.54. The molecule has 0 aromatic heterocycles. The highest BCUT2D eigenvalue weighted by atomic mass is 16.7. The van der Waals surface area contributed by atoms with E-state index in [1.807, 2.05) is 0 Å². The van der Waals surface area contributed by atoms with Crippen molar-refractivity contribution in [1.29, 1.82) is 0 Å². The highest BCUT2D eigenvalue weighted by Gasteiger charge is 2.16. The summed E-state index contributed by atoms with van der Waals surface area (Å²) in [6.07, 6.45) is 3.10. The summed E-state index contributed by atoms with van der Waals surface area (Å²) in [4.78, 5) is 4.75. The zero-order valence-electron chi connectivity index (χ0n) is 5.29. The van der Waals surface area contributed by atoms with Crippen LogP contribution in [0.3, 0.4) is 0 Å². The van der Waals surface area contributed by atoms with Crippen molar-refractivity contribution >= 4 is 0 Å². The Balaban J connectivity index is 2.19. The number of nitrogens with one attached hydrogen (secondary N) is 1. The standard InChI is InChI=1S/C6H7NO3/c1-2-9-6-4-10-7-3-5(6)8-1/h3-4,7H,1-2H2. The Morgan fingerprint density at radius 3 is 2.80 bits per heavy atom. The lowest BCUT2D eigenvalue weighted by molar-refractivity contribution is 0.0317. The summed E-state index contributed by atoms with van der Waals surface area (Å²) < 4.78 is 10.4. The second-order valence-electron chi connectivity index (χ2n) is 1.92. The molecule has 0 aromatic rings. The van der Waals surface area contributed by atoms with Crippen molar-refractivity contribution in [3.05, 3.63) is 24.0 Å². The molecule has 2 heterocycles. The van der Waals surface area contributed by atoms with Gasteiger partial charge < -0.3 is 14.3 Å². The molecule has 0 amide bonds. The van der Waals surface area contributed by atoms with Crippen LogP contribution >= 0.6 is 0 Å². The van der Waals surface area contributed by atoms with Crippen LogP contribution in [0.1, 0.15) is 0 Å². The molecule has 0 spiro atoms. The first-order valence-corrected chi connectivity index (χ1v) is 3.04. The van der Waals surface area contributed by atoms with Crippen LogP contribution in [0.4, 0.5) is 0 Å². The normalized spacial score (nSPS) is 21.6. The van der Waals surface area contributed by atoms with E-state index >= 15 is 0 Å². The van der Waals surface area contributed by atoms with Gasteiger partial charge in [0.05, 0.1) is 6.20 Å². The van der Waals surface area contributed by atoms with Crippen molar-refractivity contribution in [3.8, 4) is 0 Å². The smallest absolute Gasteiger partial charge is 0.201 e. The van der Waals surface area contributed by atoms with Crippen molar-refractivity contribution in [2.24, 2.45) is 0 Å². The Kier molecular flexibility index (Phi) is 1.16. The van der Waals surface area contributed by atoms with Crippen LogP contribution in [0.25, 0.3) is 0 Å². The Labute approximate surface area is 58.0 Å². The molecule has 10 heavy (non-hydrogen) atoms. The first-order chi connectivity index (χ1) is 4.97. The van der Waals surface area contributed by atoms with Crippen molar-refractivity contribution in [3.63, 3.8) is 0 Å². The zero-order chi connectivity index (χ0) is 6.81. The molecule has 0 unspecified atom stereocenters. The van der Waals surface area contributed by atoms with E-state index in [9.17, 15) is 0 Å². The Morgan fingerprint density at radius 1 is 1.20 bits per heavy atom. The van der Waals surface area contributed by atoms with Gasteiger partial charge in [-0.05, 0) is 0 Å². The van der Waals surface area contributed by atoms with Crippen LogP contribution in [-0.4, -0.2) is 13.2 Å². The van der Waals surface area contributed by atoms with Crippen molar-refractivity contribution in [1.82, 2.24) is 5.48 Å². The number of fused-ring (bicyclic) bond motifs is 1. The van der Waals surface area contributed by atoms with Gasteiger partial charge >= 0.3 is 0 Å². The molecule has 2 rings (SSSR count). The Hall–Kier alpha value is -1.32. The fraction of sp³-hybridized carbons (Fsp3) is 0.333. The average Bonchev–Trinajstić information content (AvgIpc) is 2.05. The third-order valence-corrected chi connectivity index (χ3v) is 1.27. The van der Waals surface area contributed by atoms with Crippen LogP contribution in [0.15, 0.2) is 24.0 Å². The largest absolute Gasteiger partial charge is 0.484 e. The molecule has 4 heteroatoms. The predicted octanol–water partition coefficient (Wildman–Crippen LogP) is 0.251. The first-order valence-electron chi connectivity index (χ1n) is 3.04. The zero-order valence-corrected chi connectivity index (χ0v) is 5.29. The first kappa shape index (κ1) is 5.46. The van der Waals surface area contributed by atoms with Gasteiger partial charge in [0.25, 0.3) is 0 Å². The van der Waals surface area contributed by atoms with Crippen LogP contribution in [-0.2, 0) is 14.3 Å². The van der Waals surface area contributed by atoms with Crippen LogP contribution in [0.2, 0.25) is 0 Å². The maximum Gasteiger partial charge on any atom is 0.201 e. The fourth-order valence-corrected chi connectivity index (χ4v) is 0.825. The molecule has 2 aliphatic heterocycles. The lowest BCUT2D eigenvalue weighted by Crippen LogP contribution is -2.20. The van der Waals surface area contributed by atoms with Crippen molar-refractivity contribution < 1.29 is 14.3 Å². The third kappa shape index (κ3) is 0.775. The maximum absolute atomic E-state index is 5.21. The fourth-order valence-electron chi connectivity index (χ4n) is 0.825. The van der Waals surface area contributed by atoms with Gasteiger partial charge in [-0.25, -0.2) is 5.48 Å². The molecule has 0 aromatic carbocycles.